The minimum atomic E-state index is -3.75. The van der Waals surface area contributed by atoms with Gasteiger partial charge in [-0.05, 0) is 56.5 Å². The van der Waals surface area contributed by atoms with E-state index in [2.05, 4.69) is 21.8 Å². The number of rotatable bonds is 10. The third-order valence-corrected chi connectivity index (χ3v) is 5.81. The largest absolute Gasteiger partial charge is 0.507 e. The number of nitrogens with one attached hydrogen (secondary N) is 1. The fourth-order valence-corrected chi connectivity index (χ4v) is 3.65. The van der Waals surface area contributed by atoms with E-state index in [0.717, 1.165) is 43.6 Å². The van der Waals surface area contributed by atoms with Crippen molar-refractivity contribution in [1.82, 2.24) is 4.83 Å². The second-order valence-corrected chi connectivity index (χ2v) is 8.18. The summed E-state index contributed by atoms with van der Waals surface area (Å²) < 4.78 is 24.7. The molecule has 152 valence electrons. The average molecular weight is 404 g/mol. The minimum Gasteiger partial charge on any atom is -0.507 e. The fourth-order valence-electron chi connectivity index (χ4n) is 2.86. The van der Waals surface area contributed by atoms with Crippen molar-refractivity contribution in [1.29, 1.82) is 0 Å². The van der Waals surface area contributed by atoms with E-state index < -0.39 is 10.0 Å². The molecule has 7 heteroatoms. The Bertz CT molecular complexity index is 890. The van der Waals surface area contributed by atoms with E-state index in [1.54, 1.807) is 24.3 Å². The zero-order chi connectivity index (χ0) is 20.6. The Balaban J connectivity index is 2.06. The number of phenolic OH excluding ortho intramolecular Hbond substituents is 1. The summed E-state index contributed by atoms with van der Waals surface area (Å²) in [5.41, 5.74) is 2.46. The standard InChI is InChI=1S/C21H29N3O3S/c1-4-7-8-17-9-13-20(14-10-17)28(26,27)23-22-16-18-11-12-19(15-21(18)25)24(5-2)6-3/h9-16,23,25H,4-8H2,1-3H3. The average Bonchev–Trinajstić information content (AvgIpc) is 2.69. The lowest BCUT2D eigenvalue weighted by Gasteiger charge is -2.21. The zero-order valence-corrected chi connectivity index (χ0v) is 17.5. The van der Waals surface area contributed by atoms with Crippen LogP contribution >= 0.6 is 0 Å². The summed E-state index contributed by atoms with van der Waals surface area (Å²) in [4.78, 5) is 4.46. The molecule has 2 aromatic rings. The van der Waals surface area contributed by atoms with E-state index in [0.29, 0.717) is 5.56 Å². The molecule has 0 spiro atoms. The first kappa shape index (κ1) is 21.8. The number of hydrogen-bond acceptors (Lipinski definition) is 5. The maximum absolute atomic E-state index is 12.4. The third-order valence-electron chi connectivity index (χ3n) is 4.57. The number of anilines is 1. The van der Waals surface area contributed by atoms with E-state index in [9.17, 15) is 13.5 Å². The summed E-state index contributed by atoms with van der Waals surface area (Å²) in [6.45, 7) is 7.87. The molecule has 2 rings (SSSR count). The van der Waals surface area contributed by atoms with Gasteiger partial charge in [-0.3, -0.25) is 0 Å². The first-order chi connectivity index (χ1) is 13.4. The highest BCUT2D eigenvalue weighted by molar-refractivity contribution is 7.89. The van der Waals surface area contributed by atoms with Gasteiger partial charge in [0.2, 0.25) is 0 Å². The summed E-state index contributed by atoms with van der Waals surface area (Å²) in [6, 6.07) is 12.1. The minimum absolute atomic E-state index is 0.0487. The second kappa shape index (κ2) is 10.1. The van der Waals surface area contributed by atoms with Crippen molar-refractivity contribution in [2.45, 2.75) is 44.9 Å². The van der Waals surface area contributed by atoms with Crippen LogP contribution in [0, 0.1) is 0 Å². The van der Waals surface area contributed by atoms with Gasteiger partial charge in [0.1, 0.15) is 5.75 Å². The first-order valence-electron chi connectivity index (χ1n) is 9.63. The van der Waals surface area contributed by atoms with Gasteiger partial charge in [-0.15, -0.1) is 0 Å². The predicted octanol–water partition coefficient (Wildman–Crippen LogP) is 3.89. The van der Waals surface area contributed by atoms with Crippen molar-refractivity contribution in [3.8, 4) is 5.75 Å². The molecule has 0 saturated carbocycles. The van der Waals surface area contributed by atoms with Gasteiger partial charge in [0, 0.05) is 30.4 Å². The molecule has 0 unspecified atom stereocenters. The normalized spacial score (nSPS) is 11.7. The van der Waals surface area contributed by atoms with E-state index in [4.69, 9.17) is 0 Å². The van der Waals surface area contributed by atoms with E-state index in [-0.39, 0.29) is 10.6 Å². The highest BCUT2D eigenvalue weighted by Crippen LogP contribution is 2.23. The van der Waals surface area contributed by atoms with Crippen LogP contribution in [0.4, 0.5) is 5.69 Å². The van der Waals surface area contributed by atoms with Crippen LogP contribution in [-0.2, 0) is 16.4 Å². The Kier molecular flexibility index (Phi) is 7.87. The lowest BCUT2D eigenvalue weighted by Crippen LogP contribution is -2.21. The third kappa shape index (κ3) is 5.73. The molecule has 0 amide bonds. The van der Waals surface area contributed by atoms with Gasteiger partial charge < -0.3 is 10.0 Å². The molecule has 2 N–H and O–H groups in total. The quantitative estimate of drug-likeness (QED) is 0.466. The van der Waals surface area contributed by atoms with E-state index in [1.165, 1.54) is 6.21 Å². The van der Waals surface area contributed by atoms with Crippen LogP contribution in [-0.4, -0.2) is 32.8 Å². The Morgan fingerprint density at radius 2 is 1.75 bits per heavy atom. The molecular weight excluding hydrogens is 374 g/mol. The van der Waals surface area contributed by atoms with Crippen LogP contribution in [0.15, 0.2) is 52.5 Å². The number of aromatic hydroxyl groups is 1. The van der Waals surface area contributed by atoms with Gasteiger partial charge in [-0.2, -0.15) is 13.5 Å². The first-order valence-corrected chi connectivity index (χ1v) is 11.1. The van der Waals surface area contributed by atoms with Crippen LogP contribution in [0.1, 0.15) is 44.7 Å². The van der Waals surface area contributed by atoms with Crippen molar-refractivity contribution in [3.63, 3.8) is 0 Å². The highest BCUT2D eigenvalue weighted by Gasteiger charge is 2.12. The lowest BCUT2D eigenvalue weighted by molar-refractivity contribution is 0.474. The topological polar surface area (TPSA) is 82.0 Å². The molecule has 0 bridgehead atoms. The maximum Gasteiger partial charge on any atom is 0.276 e. The van der Waals surface area contributed by atoms with Gasteiger partial charge in [0.05, 0.1) is 11.1 Å². The molecule has 0 radical (unpaired) electrons. The molecule has 0 aliphatic rings. The molecule has 0 aromatic heterocycles. The van der Waals surface area contributed by atoms with Crippen LogP contribution in [0.25, 0.3) is 0 Å². The molecule has 28 heavy (non-hydrogen) atoms. The maximum atomic E-state index is 12.4. The molecule has 0 saturated heterocycles. The van der Waals surface area contributed by atoms with E-state index in [1.807, 2.05) is 32.0 Å². The van der Waals surface area contributed by atoms with Gasteiger partial charge in [-0.25, -0.2) is 4.83 Å². The number of aryl methyl sites for hydroxylation is 1. The van der Waals surface area contributed by atoms with Crippen molar-refractivity contribution < 1.29 is 13.5 Å². The number of hydrazone groups is 1. The van der Waals surface area contributed by atoms with Gasteiger partial charge in [0.15, 0.2) is 0 Å². The summed E-state index contributed by atoms with van der Waals surface area (Å²) in [5, 5.41) is 14.0. The second-order valence-electron chi connectivity index (χ2n) is 6.52. The molecule has 0 heterocycles. The molecule has 6 nitrogen and oxygen atoms in total. The molecule has 0 atom stereocenters. The number of sulfonamides is 1. The summed E-state index contributed by atoms with van der Waals surface area (Å²) in [7, 11) is -3.75. The zero-order valence-electron chi connectivity index (χ0n) is 16.7. The predicted molar refractivity (Wildman–Crippen MR) is 115 cm³/mol. The van der Waals surface area contributed by atoms with Gasteiger partial charge >= 0.3 is 0 Å². The lowest BCUT2D eigenvalue weighted by atomic mass is 10.1. The number of benzene rings is 2. The molecular formula is C21H29N3O3S. The van der Waals surface area contributed by atoms with Crippen LogP contribution < -0.4 is 9.73 Å². The smallest absolute Gasteiger partial charge is 0.276 e. The Labute approximate surface area is 168 Å². The SMILES string of the molecule is CCCCc1ccc(S(=O)(=O)NN=Cc2ccc(N(CC)CC)cc2O)cc1. The molecule has 0 aliphatic carbocycles. The van der Waals surface area contributed by atoms with Crippen LogP contribution in [0.5, 0.6) is 5.75 Å². The number of phenols is 1. The van der Waals surface area contributed by atoms with Gasteiger partial charge in [0.25, 0.3) is 10.0 Å². The highest BCUT2D eigenvalue weighted by atomic mass is 32.2. The van der Waals surface area contributed by atoms with E-state index >= 15 is 0 Å². The van der Waals surface area contributed by atoms with Crippen molar-refractivity contribution in [2.75, 3.05) is 18.0 Å². The Morgan fingerprint density at radius 3 is 2.32 bits per heavy atom. The molecule has 0 aliphatic heterocycles. The summed E-state index contributed by atoms with van der Waals surface area (Å²) in [5.74, 6) is 0.0487. The Morgan fingerprint density at radius 1 is 1.07 bits per heavy atom. The molecule has 0 fully saturated rings. The molecule has 2 aromatic carbocycles. The van der Waals surface area contributed by atoms with Crippen LogP contribution in [0.3, 0.4) is 0 Å². The van der Waals surface area contributed by atoms with Crippen LogP contribution in [0.2, 0.25) is 0 Å². The van der Waals surface area contributed by atoms with Crippen molar-refractivity contribution in [3.05, 3.63) is 53.6 Å². The number of unbranched alkanes of at least 4 members (excludes halogenated alkanes) is 1. The number of nitrogens with zero attached hydrogens (tertiary/aromatic N) is 2. The van der Waals surface area contributed by atoms with Crippen molar-refractivity contribution in [2.24, 2.45) is 5.10 Å². The fraction of sp³-hybridized carbons (Fsp3) is 0.381. The monoisotopic (exact) mass is 403 g/mol. The number of hydrogen-bond donors (Lipinski definition) is 2. The van der Waals surface area contributed by atoms with Gasteiger partial charge in [-0.1, -0.05) is 25.5 Å². The summed E-state index contributed by atoms with van der Waals surface area (Å²) in [6.07, 6.45) is 4.41. The summed E-state index contributed by atoms with van der Waals surface area (Å²) >= 11 is 0. The van der Waals surface area contributed by atoms with Crippen molar-refractivity contribution >= 4 is 21.9 Å². The Hall–Kier alpha value is -2.54.